The van der Waals surface area contributed by atoms with Gasteiger partial charge in [0.25, 0.3) is 0 Å². The molecular weight excluding hydrogens is 224 g/mol. The van der Waals surface area contributed by atoms with Crippen LogP contribution in [-0.2, 0) is 4.79 Å². The molecule has 102 valence electrons. The van der Waals surface area contributed by atoms with Crippen LogP contribution >= 0.6 is 0 Å². The summed E-state index contributed by atoms with van der Waals surface area (Å²) >= 11 is 0. The average Bonchev–Trinajstić information content (AvgIpc) is 3.14. The van der Waals surface area contributed by atoms with Crippen LogP contribution < -0.4 is 5.32 Å². The first-order valence-electron chi connectivity index (χ1n) is 7.84. The summed E-state index contributed by atoms with van der Waals surface area (Å²) in [7, 11) is 0. The Balaban J connectivity index is 1.58. The largest absolute Gasteiger partial charge is 0.353 e. The number of piperidine rings is 2. The van der Waals surface area contributed by atoms with Gasteiger partial charge >= 0.3 is 0 Å². The molecular formula is C15H26N2O. The summed E-state index contributed by atoms with van der Waals surface area (Å²) < 4.78 is 0. The molecule has 1 saturated carbocycles. The molecule has 3 nitrogen and oxygen atoms in total. The number of nitrogens with zero attached hydrogens (tertiary/aromatic N) is 1. The Morgan fingerprint density at radius 2 is 1.83 bits per heavy atom. The van der Waals surface area contributed by atoms with Gasteiger partial charge in [-0.25, -0.2) is 0 Å². The SMILES string of the molecule is CCCN1[C@@H]2CCC[C@H]1CC(NC(=O)C1CC1)C2. The number of fused-ring (bicyclic) bond motifs is 2. The minimum Gasteiger partial charge on any atom is -0.353 e. The van der Waals surface area contributed by atoms with Crippen molar-refractivity contribution >= 4 is 5.91 Å². The van der Waals surface area contributed by atoms with Crippen molar-refractivity contribution < 1.29 is 4.79 Å². The summed E-state index contributed by atoms with van der Waals surface area (Å²) in [6.07, 6.45) is 9.94. The second-order valence-corrected chi connectivity index (χ2v) is 6.43. The molecule has 1 amide bonds. The highest BCUT2D eigenvalue weighted by Crippen LogP contribution is 2.35. The Hall–Kier alpha value is -0.570. The Morgan fingerprint density at radius 3 is 2.39 bits per heavy atom. The van der Waals surface area contributed by atoms with Gasteiger partial charge in [0.2, 0.25) is 5.91 Å². The van der Waals surface area contributed by atoms with E-state index in [1.807, 2.05) is 0 Å². The van der Waals surface area contributed by atoms with E-state index in [0.717, 1.165) is 24.9 Å². The maximum Gasteiger partial charge on any atom is 0.223 e. The van der Waals surface area contributed by atoms with Gasteiger partial charge in [0.1, 0.15) is 0 Å². The maximum absolute atomic E-state index is 11.9. The third-order valence-electron chi connectivity index (χ3n) is 4.90. The molecule has 1 unspecified atom stereocenters. The van der Waals surface area contributed by atoms with Crippen molar-refractivity contribution in [1.29, 1.82) is 0 Å². The van der Waals surface area contributed by atoms with Gasteiger partial charge in [-0.05, 0) is 51.5 Å². The van der Waals surface area contributed by atoms with E-state index in [0.29, 0.717) is 17.9 Å². The zero-order valence-electron chi connectivity index (χ0n) is 11.5. The zero-order valence-corrected chi connectivity index (χ0v) is 11.5. The van der Waals surface area contributed by atoms with Gasteiger partial charge in [0, 0.05) is 24.0 Å². The van der Waals surface area contributed by atoms with Crippen molar-refractivity contribution in [2.24, 2.45) is 5.92 Å². The van der Waals surface area contributed by atoms with Crippen LogP contribution in [0.15, 0.2) is 0 Å². The highest BCUT2D eigenvalue weighted by Gasteiger charge is 2.39. The van der Waals surface area contributed by atoms with Crippen molar-refractivity contribution in [1.82, 2.24) is 10.2 Å². The minimum absolute atomic E-state index is 0.335. The molecule has 2 bridgehead atoms. The van der Waals surface area contributed by atoms with Crippen LogP contribution in [0.1, 0.15) is 58.3 Å². The van der Waals surface area contributed by atoms with Gasteiger partial charge in [0.05, 0.1) is 0 Å². The van der Waals surface area contributed by atoms with E-state index < -0.39 is 0 Å². The maximum atomic E-state index is 11.9. The summed E-state index contributed by atoms with van der Waals surface area (Å²) in [5.74, 6) is 0.695. The fraction of sp³-hybridized carbons (Fsp3) is 0.933. The normalized spacial score (nSPS) is 36.4. The van der Waals surface area contributed by atoms with Crippen molar-refractivity contribution in [3.05, 3.63) is 0 Å². The molecule has 3 heteroatoms. The lowest BCUT2D eigenvalue weighted by Gasteiger charge is -2.49. The lowest BCUT2D eigenvalue weighted by atomic mass is 9.81. The molecule has 0 aromatic rings. The Labute approximate surface area is 110 Å². The first-order chi connectivity index (χ1) is 8.78. The molecule has 2 heterocycles. The molecule has 0 radical (unpaired) electrons. The van der Waals surface area contributed by atoms with Crippen LogP contribution in [0, 0.1) is 5.92 Å². The van der Waals surface area contributed by atoms with Crippen molar-refractivity contribution in [2.75, 3.05) is 6.54 Å². The summed E-state index contributed by atoms with van der Waals surface area (Å²) in [6.45, 7) is 3.52. The van der Waals surface area contributed by atoms with E-state index >= 15 is 0 Å². The molecule has 0 spiro atoms. The first-order valence-corrected chi connectivity index (χ1v) is 7.84. The lowest BCUT2D eigenvalue weighted by molar-refractivity contribution is -0.123. The molecule has 1 aliphatic carbocycles. The van der Waals surface area contributed by atoms with Crippen LogP contribution in [0.3, 0.4) is 0 Å². The Kier molecular flexibility index (Phi) is 3.60. The predicted octanol–water partition coefficient (Wildman–Crippen LogP) is 2.31. The molecule has 0 aromatic heterocycles. The van der Waals surface area contributed by atoms with Gasteiger partial charge in [-0.15, -0.1) is 0 Å². The topological polar surface area (TPSA) is 32.3 Å². The second-order valence-electron chi connectivity index (χ2n) is 6.43. The van der Waals surface area contributed by atoms with Gasteiger partial charge in [-0.2, -0.15) is 0 Å². The molecule has 0 aromatic carbocycles. The third kappa shape index (κ3) is 2.56. The van der Waals surface area contributed by atoms with E-state index in [-0.39, 0.29) is 0 Å². The average molecular weight is 250 g/mol. The van der Waals surface area contributed by atoms with Crippen LogP contribution in [-0.4, -0.2) is 35.5 Å². The highest BCUT2D eigenvalue weighted by molar-refractivity contribution is 5.81. The smallest absolute Gasteiger partial charge is 0.223 e. The molecule has 18 heavy (non-hydrogen) atoms. The molecule has 3 fully saturated rings. The number of rotatable bonds is 4. The monoisotopic (exact) mass is 250 g/mol. The van der Waals surface area contributed by atoms with Crippen LogP contribution in [0.2, 0.25) is 0 Å². The molecule has 3 aliphatic rings. The molecule has 1 N–H and O–H groups in total. The van der Waals surface area contributed by atoms with Gasteiger partial charge < -0.3 is 5.32 Å². The van der Waals surface area contributed by atoms with E-state index in [1.54, 1.807) is 0 Å². The standard InChI is InChI=1S/C15H26N2O/c1-2-8-17-13-4-3-5-14(17)10-12(9-13)16-15(18)11-6-7-11/h11-14H,2-10H2,1H3,(H,16,18)/t12?,13-,14+. The van der Waals surface area contributed by atoms with E-state index in [2.05, 4.69) is 17.1 Å². The van der Waals surface area contributed by atoms with Crippen LogP contribution in [0.5, 0.6) is 0 Å². The van der Waals surface area contributed by atoms with Crippen molar-refractivity contribution in [3.8, 4) is 0 Å². The summed E-state index contributed by atoms with van der Waals surface area (Å²) in [5, 5.41) is 3.31. The van der Waals surface area contributed by atoms with Gasteiger partial charge in [-0.3, -0.25) is 9.69 Å². The number of nitrogens with one attached hydrogen (secondary N) is 1. The fourth-order valence-corrected chi connectivity index (χ4v) is 3.88. The molecule has 2 saturated heterocycles. The quantitative estimate of drug-likeness (QED) is 0.830. The second kappa shape index (κ2) is 5.20. The molecule has 3 rings (SSSR count). The van der Waals surface area contributed by atoms with Crippen molar-refractivity contribution in [3.63, 3.8) is 0 Å². The minimum atomic E-state index is 0.335. The van der Waals surface area contributed by atoms with E-state index in [1.165, 1.54) is 45.1 Å². The number of carbonyl (C=O) groups is 1. The third-order valence-corrected chi connectivity index (χ3v) is 4.90. The number of carbonyl (C=O) groups excluding carboxylic acids is 1. The van der Waals surface area contributed by atoms with Crippen LogP contribution in [0.25, 0.3) is 0 Å². The highest BCUT2D eigenvalue weighted by atomic mass is 16.2. The Bertz CT molecular complexity index is 300. The van der Waals surface area contributed by atoms with Gasteiger partial charge in [-0.1, -0.05) is 13.3 Å². The number of hydrogen-bond donors (Lipinski definition) is 1. The summed E-state index contributed by atoms with van der Waals surface area (Å²) in [5.41, 5.74) is 0. The number of hydrogen-bond acceptors (Lipinski definition) is 2. The summed E-state index contributed by atoms with van der Waals surface area (Å²) in [6, 6.07) is 1.94. The number of amides is 1. The Morgan fingerprint density at radius 1 is 1.17 bits per heavy atom. The van der Waals surface area contributed by atoms with E-state index in [9.17, 15) is 4.79 Å². The molecule has 3 atom stereocenters. The molecule has 2 aliphatic heterocycles. The zero-order chi connectivity index (χ0) is 12.5. The summed E-state index contributed by atoms with van der Waals surface area (Å²) in [4.78, 5) is 14.6. The fourth-order valence-electron chi connectivity index (χ4n) is 3.88. The van der Waals surface area contributed by atoms with Gasteiger partial charge in [0.15, 0.2) is 0 Å². The first kappa shape index (κ1) is 12.5. The van der Waals surface area contributed by atoms with Crippen LogP contribution in [0.4, 0.5) is 0 Å². The van der Waals surface area contributed by atoms with E-state index in [4.69, 9.17) is 0 Å². The lowest BCUT2D eigenvalue weighted by Crippen LogP contribution is -2.57. The van der Waals surface area contributed by atoms with Crippen molar-refractivity contribution in [2.45, 2.75) is 76.4 Å². The predicted molar refractivity (Wildman–Crippen MR) is 72.3 cm³/mol.